The summed E-state index contributed by atoms with van der Waals surface area (Å²) in [5.41, 5.74) is 1.12. The monoisotopic (exact) mass is 175 g/mol. The zero-order chi connectivity index (χ0) is 9.26. The second-order valence-corrected chi connectivity index (χ2v) is 3.66. The molecule has 2 rings (SSSR count). The summed E-state index contributed by atoms with van der Waals surface area (Å²) in [6.07, 6.45) is 6.80. The molecule has 0 N–H and O–H groups in total. The molecule has 0 aliphatic heterocycles. The van der Waals surface area contributed by atoms with Crippen LogP contribution in [-0.2, 0) is 6.42 Å². The zero-order valence-electron chi connectivity index (χ0n) is 7.94. The molecule has 0 spiro atoms. The van der Waals surface area contributed by atoms with Gasteiger partial charge in [-0.2, -0.15) is 0 Å². The summed E-state index contributed by atoms with van der Waals surface area (Å²) in [4.78, 5) is 8.57. The number of rotatable bonds is 2. The van der Waals surface area contributed by atoms with Crippen LogP contribution in [0.1, 0.15) is 19.5 Å². The van der Waals surface area contributed by atoms with E-state index < -0.39 is 0 Å². The van der Waals surface area contributed by atoms with Gasteiger partial charge in [-0.3, -0.25) is 4.40 Å². The van der Waals surface area contributed by atoms with Gasteiger partial charge in [-0.25, -0.2) is 9.97 Å². The van der Waals surface area contributed by atoms with Crippen LogP contribution >= 0.6 is 0 Å². The van der Waals surface area contributed by atoms with E-state index in [0.717, 1.165) is 17.9 Å². The molecule has 0 saturated carbocycles. The van der Waals surface area contributed by atoms with Crippen LogP contribution in [0.5, 0.6) is 0 Å². The highest BCUT2D eigenvalue weighted by Crippen LogP contribution is 2.07. The SMILES string of the molecule is CC(C)Cc1cn2cccnc2n1. The van der Waals surface area contributed by atoms with Crippen LogP contribution in [0.15, 0.2) is 24.7 Å². The summed E-state index contributed by atoms with van der Waals surface area (Å²) in [5, 5.41) is 0. The first-order valence-corrected chi connectivity index (χ1v) is 4.54. The third kappa shape index (κ3) is 1.69. The highest BCUT2D eigenvalue weighted by Gasteiger charge is 2.03. The molecular formula is C10H13N3. The van der Waals surface area contributed by atoms with Crippen LogP contribution in [0.25, 0.3) is 5.78 Å². The third-order valence-electron chi connectivity index (χ3n) is 1.90. The van der Waals surface area contributed by atoms with Crippen molar-refractivity contribution in [3.63, 3.8) is 0 Å². The van der Waals surface area contributed by atoms with Crippen molar-refractivity contribution in [3.8, 4) is 0 Å². The van der Waals surface area contributed by atoms with E-state index in [1.165, 1.54) is 0 Å². The predicted octanol–water partition coefficient (Wildman–Crippen LogP) is 1.93. The molecule has 2 aromatic rings. The summed E-state index contributed by atoms with van der Waals surface area (Å²) in [7, 11) is 0. The molecule has 68 valence electrons. The van der Waals surface area contributed by atoms with Crippen molar-refractivity contribution in [2.45, 2.75) is 20.3 Å². The van der Waals surface area contributed by atoms with Crippen molar-refractivity contribution in [1.82, 2.24) is 14.4 Å². The molecule has 2 heterocycles. The van der Waals surface area contributed by atoms with E-state index in [0.29, 0.717) is 5.92 Å². The highest BCUT2D eigenvalue weighted by atomic mass is 15.1. The topological polar surface area (TPSA) is 30.2 Å². The van der Waals surface area contributed by atoms with Gasteiger partial charge in [-0.05, 0) is 18.4 Å². The lowest BCUT2D eigenvalue weighted by Gasteiger charge is -1.97. The molecule has 0 aliphatic rings. The Bertz CT molecular complexity index is 370. The summed E-state index contributed by atoms with van der Waals surface area (Å²) in [5.74, 6) is 1.43. The molecule has 0 amide bonds. The van der Waals surface area contributed by atoms with Gasteiger partial charge in [0, 0.05) is 18.6 Å². The Kier molecular flexibility index (Phi) is 2.00. The van der Waals surface area contributed by atoms with E-state index >= 15 is 0 Å². The number of fused-ring (bicyclic) bond motifs is 1. The van der Waals surface area contributed by atoms with E-state index in [4.69, 9.17) is 0 Å². The Balaban J connectivity index is 2.38. The molecule has 0 aliphatic carbocycles. The van der Waals surface area contributed by atoms with Gasteiger partial charge < -0.3 is 0 Å². The zero-order valence-corrected chi connectivity index (χ0v) is 7.94. The largest absolute Gasteiger partial charge is 0.291 e. The van der Waals surface area contributed by atoms with Crippen LogP contribution in [0.4, 0.5) is 0 Å². The molecule has 3 heteroatoms. The Labute approximate surface area is 77.4 Å². The number of hydrogen-bond acceptors (Lipinski definition) is 2. The minimum Gasteiger partial charge on any atom is -0.291 e. The molecule has 0 fully saturated rings. The maximum Gasteiger partial charge on any atom is 0.233 e. The van der Waals surface area contributed by atoms with E-state index in [1.807, 2.05) is 22.9 Å². The molecule has 0 atom stereocenters. The minimum absolute atomic E-state index is 0.643. The standard InChI is InChI=1S/C10H13N3/c1-8(2)6-9-7-13-5-3-4-11-10(13)12-9/h3-5,7-8H,6H2,1-2H3. The van der Waals surface area contributed by atoms with Crippen molar-refractivity contribution in [1.29, 1.82) is 0 Å². The fraction of sp³-hybridized carbons (Fsp3) is 0.400. The van der Waals surface area contributed by atoms with Crippen molar-refractivity contribution < 1.29 is 0 Å². The number of nitrogens with zero attached hydrogens (tertiary/aromatic N) is 3. The second-order valence-electron chi connectivity index (χ2n) is 3.66. The molecule has 2 aromatic heterocycles. The van der Waals surface area contributed by atoms with Crippen LogP contribution < -0.4 is 0 Å². The van der Waals surface area contributed by atoms with Crippen LogP contribution in [0.2, 0.25) is 0 Å². The first-order valence-electron chi connectivity index (χ1n) is 4.54. The average molecular weight is 175 g/mol. The van der Waals surface area contributed by atoms with Gasteiger partial charge in [0.05, 0.1) is 5.69 Å². The van der Waals surface area contributed by atoms with Crippen LogP contribution in [-0.4, -0.2) is 14.4 Å². The van der Waals surface area contributed by atoms with Crippen molar-refractivity contribution in [3.05, 3.63) is 30.4 Å². The van der Waals surface area contributed by atoms with Gasteiger partial charge in [-0.1, -0.05) is 13.8 Å². The molecule has 0 aromatic carbocycles. The van der Waals surface area contributed by atoms with Crippen molar-refractivity contribution in [2.24, 2.45) is 5.92 Å². The Morgan fingerprint density at radius 1 is 1.46 bits per heavy atom. The van der Waals surface area contributed by atoms with Gasteiger partial charge in [0.15, 0.2) is 0 Å². The highest BCUT2D eigenvalue weighted by molar-refractivity contribution is 5.29. The lowest BCUT2D eigenvalue weighted by Crippen LogP contribution is -1.93. The van der Waals surface area contributed by atoms with E-state index in [9.17, 15) is 0 Å². The minimum atomic E-state index is 0.643. The van der Waals surface area contributed by atoms with Crippen molar-refractivity contribution >= 4 is 5.78 Å². The Morgan fingerprint density at radius 2 is 2.31 bits per heavy atom. The van der Waals surface area contributed by atoms with Gasteiger partial charge in [0.25, 0.3) is 0 Å². The summed E-state index contributed by atoms with van der Waals surface area (Å²) >= 11 is 0. The smallest absolute Gasteiger partial charge is 0.233 e. The first kappa shape index (κ1) is 8.23. The van der Waals surface area contributed by atoms with Gasteiger partial charge >= 0.3 is 0 Å². The maximum atomic E-state index is 4.40. The third-order valence-corrected chi connectivity index (χ3v) is 1.90. The Hall–Kier alpha value is -1.38. The van der Waals surface area contributed by atoms with Crippen LogP contribution in [0, 0.1) is 5.92 Å². The van der Waals surface area contributed by atoms with E-state index in [-0.39, 0.29) is 0 Å². The predicted molar refractivity (Wildman–Crippen MR) is 51.5 cm³/mol. The Morgan fingerprint density at radius 3 is 3.00 bits per heavy atom. The number of imidazole rings is 1. The lowest BCUT2D eigenvalue weighted by atomic mass is 10.1. The van der Waals surface area contributed by atoms with Gasteiger partial charge in [0.2, 0.25) is 5.78 Å². The fourth-order valence-electron chi connectivity index (χ4n) is 1.40. The normalized spacial score (nSPS) is 11.3. The first-order chi connectivity index (χ1) is 6.25. The van der Waals surface area contributed by atoms with Crippen LogP contribution in [0.3, 0.4) is 0 Å². The molecule has 0 unspecified atom stereocenters. The average Bonchev–Trinajstić information content (AvgIpc) is 2.44. The summed E-state index contributed by atoms with van der Waals surface area (Å²) in [6.45, 7) is 4.38. The summed E-state index contributed by atoms with van der Waals surface area (Å²) in [6, 6.07) is 1.91. The molecular weight excluding hydrogens is 162 g/mol. The van der Waals surface area contributed by atoms with Crippen molar-refractivity contribution in [2.75, 3.05) is 0 Å². The van der Waals surface area contributed by atoms with E-state index in [2.05, 4.69) is 23.8 Å². The molecule has 13 heavy (non-hydrogen) atoms. The summed E-state index contributed by atoms with van der Waals surface area (Å²) < 4.78 is 1.96. The molecule has 3 nitrogen and oxygen atoms in total. The fourth-order valence-corrected chi connectivity index (χ4v) is 1.40. The maximum absolute atomic E-state index is 4.40. The number of aromatic nitrogens is 3. The number of hydrogen-bond donors (Lipinski definition) is 0. The molecule has 0 radical (unpaired) electrons. The second kappa shape index (κ2) is 3.17. The molecule has 0 bridgehead atoms. The van der Waals surface area contributed by atoms with Gasteiger partial charge in [-0.15, -0.1) is 0 Å². The van der Waals surface area contributed by atoms with Gasteiger partial charge in [0.1, 0.15) is 0 Å². The quantitative estimate of drug-likeness (QED) is 0.698. The molecule has 0 saturated heterocycles. The lowest BCUT2D eigenvalue weighted by molar-refractivity contribution is 0.638. The van der Waals surface area contributed by atoms with E-state index in [1.54, 1.807) is 6.20 Å².